The molecular formula is C15H20FNO3. The molecule has 0 spiro atoms. The molecule has 2 rings (SSSR count). The first kappa shape index (κ1) is 14.8. The summed E-state index contributed by atoms with van der Waals surface area (Å²) in [6.07, 6.45) is 4.29. The van der Waals surface area contributed by atoms with Crippen LogP contribution >= 0.6 is 0 Å². The fraction of sp³-hybridized carbons (Fsp3) is 0.533. The Balaban J connectivity index is 2.19. The van der Waals surface area contributed by atoms with Gasteiger partial charge in [-0.2, -0.15) is 0 Å². The highest BCUT2D eigenvalue weighted by Gasteiger charge is 2.27. The summed E-state index contributed by atoms with van der Waals surface area (Å²) in [5.41, 5.74) is 0.477. The van der Waals surface area contributed by atoms with Crippen molar-refractivity contribution in [3.05, 3.63) is 29.6 Å². The number of phenolic OH excluding ortho intramolecular Hbond substituents is 1. The lowest BCUT2D eigenvalue weighted by atomic mass is 10.0. The highest BCUT2D eigenvalue weighted by atomic mass is 19.1. The first-order chi connectivity index (χ1) is 9.61. The van der Waals surface area contributed by atoms with Crippen LogP contribution in [0, 0.1) is 5.82 Å². The summed E-state index contributed by atoms with van der Waals surface area (Å²) < 4.78 is 18.5. The number of carbonyl (C=O) groups is 1. The SMILES string of the molecule is CCOC(=O)C(NC1CCCC1)c1ccc(O)c(F)c1. The Morgan fingerprint density at radius 2 is 2.20 bits per heavy atom. The van der Waals surface area contributed by atoms with E-state index in [2.05, 4.69) is 5.32 Å². The van der Waals surface area contributed by atoms with E-state index < -0.39 is 23.6 Å². The van der Waals surface area contributed by atoms with E-state index in [1.165, 1.54) is 12.1 Å². The molecule has 1 unspecified atom stereocenters. The number of nitrogens with one attached hydrogen (secondary N) is 1. The number of hydrogen-bond donors (Lipinski definition) is 2. The second-order valence-corrected chi connectivity index (χ2v) is 5.04. The Morgan fingerprint density at radius 3 is 2.80 bits per heavy atom. The topological polar surface area (TPSA) is 58.6 Å². The van der Waals surface area contributed by atoms with E-state index in [1.807, 2.05) is 0 Å². The van der Waals surface area contributed by atoms with Gasteiger partial charge in [0.15, 0.2) is 11.6 Å². The van der Waals surface area contributed by atoms with Crippen LogP contribution in [0.5, 0.6) is 5.75 Å². The number of phenols is 1. The van der Waals surface area contributed by atoms with Gasteiger partial charge < -0.3 is 9.84 Å². The predicted molar refractivity (Wildman–Crippen MR) is 72.8 cm³/mol. The molecule has 1 aliphatic rings. The van der Waals surface area contributed by atoms with Crippen LogP contribution in [-0.4, -0.2) is 23.7 Å². The van der Waals surface area contributed by atoms with Crippen LogP contribution in [0.25, 0.3) is 0 Å². The van der Waals surface area contributed by atoms with Gasteiger partial charge in [-0.15, -0.1) is 0 Å². The van der Waals surface area contributed by atoms with Gasteiger partial charge in [0.25, 0.3) is 0 Å². The zero-order valence-corrected chi connectivity index (χ0v) is 11.6. The summed E-state index contributed by atoms with van der Waals surface area (Å²) in [5, 5.41) is 12.5. The lowest BCUT2D eigenvalue weighted by Gasteiger charge is -2.22. The molecule has 0 amide bonds. The van der Waals surface area contributed by atoms with Crippen molar-refractivity contribution in [2.75, 3.05) is 6.61 Å². The monoisotopic (exact) mass is 281 g/mol. The number of rotatable bonds is 5. The van der Waals surface area contributed by atoms with Crippen molar-refractivity contribution in [1.29, 1.82) is 0 Å². The maximum absolute atomic E-state index is 13.5. The lowest BCUT2D eigenvalue weighted by molar-refractivity contribution is -0.146. The second-order valence-electron chi connectivity index (χ2n) is 5.04. The van der Waals surface area contributed by atoms with Crippen LogP contribution < -0.4 is 5.32 Å². The highest BCUT2D eigenvalue weighted by molar-refractivity contribution is 5.77. The maximum atomic E-state index is 13.5. The average Bonchev–Trinajstić information content (AvgIpc) is 2.92. The van der Waals surface area contributed by atoms with Crippen molar-refractivity contribution in [2.24, 2.45) is 0 Å². The lowest BCUT2D eigenvalue weighted by Crippen LogP contribution is -2.36. The minimum atomic E-state index is -0.731. The normalized spacial score (nSPS) is 17.1. The second kappa shape index (κ2) is 6.70. The predicted octanol–water partition coefficient (Wildman–Crippen LogP) is 2.67. The van der Waals surface area contributed by atoms with Gasteiger partial charge in [0.1, 0.15) is 6.04 Å². The number of ether oxygens (including phenoxy) is 1. The van der Waals surface area contributed by atoms with E-state index in [1.54, 1.807) is 13.0 Å². The van der Waals surface area contributed by atoms with Crippen molar-refractivity contribution in [1.82, 2.24) is 5.32 Å². The highest BCUT2D eigenvalue weighted by Crippen LogP contribution is 2.25. The number of halogens is 1. The van der Waals surface area contributed by atoms with Crippen LogP contribution in [0.2, 0.25) is 0 Å². The van der Waals surface area contributed by atoms with E-state index in [9.17, 15) is 14.3 Å². The van der Waals surface area contributed by atoms with E-state index in [-0.39, 0.29) is 12.6 Å². The molecule has 2 N–H and O–H groups in total. The largest absolute Gasteiger partial charge is 0.505 e. The Labute approximate surface area is 117 Å². The van der Waals surface area contributed by atoms with Gasteiger partial charge in [-0.3, -0.25) is 5.32 Å². The number of esters is 1. The summed E-state index contributed by atoms with van der Waals surface area (Å²) in [7, 11) is 0. The van der Waals surface area contributed by atoms with E-state index >= 15 is 0 Å². The molecule has 0 heterocycles. The van der Waals surface area contributed by atoms with Gasteiger partial charge in [0.2, 0.25) is 0 Å². The zero-order chi connectivity index (χ0) is 14.5. The van der Waals surface area contributed by atoms with Crippen molar-refractivity contribution < 1.29 is 19.0 Å². The molecule has 20 heavy (non-hydrogen) atoms. The number of aromatic hydroxyl groups is 1. The summed E-state index contributed by atoms with van der Waals surface area (Å²) in [4.78, 5) is 12.1. The van der Waals surface area contributed by atoms with Crippen molar-refractivity contribution >= 4 is 5.97 Å². The fourth-order valence-corrected chi connectivity index (χ4v) is 2.56. The third-order valence-corrected chi connectivity index (χ3v) is 3.58. The first-order valence-corrected chi connectivity index (χ1v) is 7.03. The number of hydrogen-bond acceptors (Lipinski definition) is 4. The third-order valence-electron chi connectivity index (χ3n) is 3.58. The molecule has 1 saturated carbocycles. The Hall–Kier alpha value is -1.62. The quantitative estimate of drug-likeness (QED) is 0.815. The van der Waals surface area contributed by atoms with Gasteiger partial charge in [0.05, 0.1) is 6.61 Å². The Morgan fingerprint density at radius 1 is 1.50 bits per heavy atom. The van der Waals surface area contributed by atoms with E-state index in [0.717, 1.165) is 25.7 Å². The van der Waals surface area contributed by atoms with Crippen molar-refractivity contribution in [3.63, 3.8) is 0 Å². The van der Waals surface area contributed by atoms with E-state index in [4.69, 9.17) is 4.74 Å². The molecule has 0 radical (unpaired) electrons. The van der Waals surface area contributed by atoms with Gasteiger partial charge in [-0.1, -0.05) is 18.9 Å². The minimum absolute atomic E-state index is 0.251. The number of carbonyl (C=O) groups excluding carboxylic acids is 1. The summed E-state index contributed by atoms with van der Waals surface area (Å²) in [6, 6.07) is 3.54. The Bertz CT molecular complexity index is 472. The molecule has 0 aromatic heterocycles. The molecule has 1 aromatic carbocycles. The smallest absolute Gasteiger partial charge is 0.327 e. The number of benzene rings is 1. The first-order valence-electron chi connectivity index (χ1n) is 7.03. The summed E-state index contributed by atoms with van der Waals surface area (Å²) in [5.74, 6) is -1.56. The molecule has 110 valence electrons. The molecule has 0 bridgehead atoms. The van der Waals surface area contributed by atoms with Crippen LogP contribution in [0.4, 0.5) is 4.39 Å². The summed E-state index contributed by atoms with van der Waals surface area (Å²) in [6.45, 7) is 2.02. The fourth-order valence-electron chi connectivity index (χ4n) is 2.56. The van der Waals surface area contributed by atoms with Gasteiger partial charge in [-0.05, 0) is 37.5 Å². The van der Waals surface area contributed by atoms with Gasteiger partial charge >= 0.3 is 5.97 Å². The molecule has 5 heteroatoms. The van der Waals surface area contributed by atoms with Crippen molar-refractivity contribution in [3.8, 4) is 5.75 Å². The third kappa shape index (κ3) is 3.48. The molecule has 1 fully saturated rings. The zero-order valence-electron chi connectivity index (χ0n) is 11.6. The van der Waals surface area contributed by atoms with Crippen LogP contribution in [-0.2, 0) is 9.53 Å². The molecule has 4 nitrogen and oxygen atoms in total. The molecule has 1 aromatic rings. The van der Waals surface area contributed by atoms with Crippen LogP contribution in [0.1, 0.15) is 44.2 Å². The molecular weight excluding hydrogens is 261 g/mol. The van der Waals surface area contributed by atoms with Crippen LogP contribution in [0.3, 0.4) is 0 Å². The minimum Gasteiger partial charge on any atom is -0.505 e. The average molecular weight is 281 g/mol. The van der Waals surface area contributed by atoms with Gasteiger partial charge in [-0.25, -0.2) is 9.18 Å². The standard InChI is InChI=1S/C15H20FNO3/c1-2-20-15(19)14(17-11-5-3-4-6-11)10-7-8-13(18)12(16)9-10/h7-9,11,14,17-18H,2-6H2,1H3. The molecule has 0 aliphatic heterocycles. The molecule has 1 aliphatic carbocycles. The van der Waals surface area contributed by atoms with Gasteiger partial charge in [0, 0.05) is 6.04 Å². The Kier molecular flexibility index (Phi) is 4.95. The molecule has 0 saturated heterocycles. The summed E-state index contributed by atoms with van der Waals surface area (Å²) >= 11 is 0. The maximum Gasteiger partial charge on any atom is 0.327 e. The van der Waals surface area contributed by atoms with Crippen molar-refractivity contribution in [2.45, 2.75) is 44.7 Å². The molecule has 1 atom stereocenters. The van der Waals surface area contributed by atoms with E-state index in [0.29, 0.717) is 5.56 Å². The van der Waals surface area contributed by atoms with Crippen LogP contribution in [0.15, 0.2) is 18.2 Å².